The second kappa shape index (κ2) is 7.69. The van der Waals surface area contributed by atoms with Crippen molar-refractivity contribution in [2.75, 3.05) is 11.1 Å². The number of carbonyl (C=O) groups is 1. The van der Waals surface area contributed by atoms with Gasteiger partial charge in [0.25, 0.3) is 0 Å². The summed E-state index contributed by atoms with van der Waals surface area (Å²) in [5.41, 5.74) is 6.54. The molecule has 0 aliphatic rings. The van der Waals surface area contributed by atoms with Crippen LogP contribution in [-0.4, -0.2) is 17.9 Å². The lowest BCUT2D eigenvalue weighted by Gasteiger charge is -2.19. The second-order valence-corrected chi connectivity index (χ2v) is 7.04. The molecular weight excluding hydrogens is 284 g/mol. The highest BCUT2D eigenvalue weighted by Gasteiger charge is 2.22. The molecule has 0 spiro atoms. The van der Waals surface area contributed by atoms with Gasteiger partial charge in [0.1, 0.15) is 5.00 Å². The minimum atomic E-state index is -0.0197. The van der Waals surface area contributed by atoms with Gasteiger partial charge in [-0.25, -0.2) is 0 Å². The van der Waals surface area contributed by atoms with Crippen molar-refractivity contribution in [3.8, 4) is 5.75 Å². The number of anilines is 2. The van der Waals surface area contributed by atoms with Gasteiger partial charge in [0, 0.05) is 13.0 Å². The van der Waals surface area contributed by atoms with Gasteiger partial charge in [-0.1, -0.05) is 20.3 Å². The van der Waals surface area contributed by atoms with E-state index in [1.165, 1.54) is 18.3 Å². The first-order valence-corrected chi connectivity index (χ1v) is 8.44. The van der Waals surface area contributed by atoms with E-state index in [0.717, 1.165) is 17.8 Å². The fourth-order valence-electron chi connectivity index (χ4n) is 2.19. The molecule has 120 valence electrons. The van der Waals surface area contributed by atoms with Crippen LogP contribution in [0.2, 0.25) is 0 Å². The van der Waals surface area contributed by atoms with Crippen molar-refractivity contribution in [2.24, 2.45) is 5.92 Å². The maximum absolute atomic E-state index is 11.7. The number of nitrogens with one attached hydrogen (secondary N) is 1. The summed E-state index contributed by atoms with van der Waals surface area (Å²) in [6.45, 7) is 12.0. The second-order valence-electron chi connectivity index (χ2n) is 6.02. The maximum Gasteiger partial charge on any atom is 0.177 e. The number of hydrogen-bond acceptors (Lipinski definition) is 5. The van der Waals surface area contributed by atoms with Gasteiger partial charge in [0.2, 0.25) is 0 Å². The zero-order chi connectivity index (χ0) is 16.2. The molecule has 0 saturated carbocycles. The molecule has 1 heterocycles. The Morgan fingerprint density at radius 2 is 1.95 bits per heavy atom. The van der Waals surface area contributed by atoms with Gasteiger partial charge in [-0.2, -0.15) is 0 Å². The van der Waals surface area contributed by atoms with E-state index >= 15 is 0 Å². The van der Waals surface area contributed by atoms with Crippen LogP contribution in [0.3, 0.4) is 0 Å². The molecule has 0 radical (unpaired) electrons. The lowest BCUT2D eigenvalue weighted by atomic mass is 10.0. The fraction of sp³-hybridized carbons (Fsp3) is 0.688. The molecule has 4 nitrogen and oxygen atoms in total. The van der Waals surface area contributed by atoms with Crippen LogP contribution in [-0.2, 0) is 0 Å². The van der Waals surface area contributed by atoms with E-state index in [9.17, 15) is 4.79 Å². The largest absolute Gasteiger partial charge is 0.486 e. The van der Waals surface area contributed by atoms with Gasteiger partial charge < -0.3 is 15.8 Å². The molecule has 1 aromatic heterocycles. The summed E-state index contributed by atoms with van der Waals surface area (Å²) in [6, 6.07) is 0.312. The van der Waals surface area contributed by atoms with Crippen molar-refractivity contribution in [1.29, 1.82) is 0 Å². The van der Waals surface area contributed by atoms with Crippen molar-refractivity contribution >= 4 is 27.8 Å². The summed E-state index contributed by atoms with van der Waals surface area (Å²) >= 11 is 1.39. The number of nitrogen functional groups attached to an aromatic ring is 1. The van der Waals surface area contributed by atoms with E-state index in [2.05, 4.69) is 26.1 Å². The molecule has 0 fully saturated rings. The van der Waals surface area contributed by atoms with Crippen LogP contribution in [0, 0.1) is 5.92 Å². The molecule has 0 aromatic carbocycles. The Bertz CT molecular complexity index is 483. The average Bonchev–Trinajstić information content (AvgIpc) is 2.66. The zero-order valence-corrected chi connectivity index (χ0v) is 14.8. The number of Topliss-reactive ketones (excluding diaryl/α,β-unsaturated/α-hetero) is 1. The first-order chi connectivity index (χ1) is 9.76. The Labute approximate surface area is 132 Å². The number of ketones is 1. The quantitative estimate of drug-likeness (QED) is 0.691. The van der Waals surface area contributed by atoms with Crippen LogP contribution < -0.4 is 15.8 Å². The SMILES string of the molecule is CCC(C)CC(C)Nc1sc(C(C)=O)c(N)c1OC(C)C. The van der Waals surface area contributed by atoms with Crippen LogP contribution >= 0.6 is 11.3 Å². The van der Waals surface area contributed by atoms with Crippen LogP contribution in [0.1, 0.15) is 64.1 Å². The maximum atomic E-state index is 11.7. The van der Waals surface area contributed by atoms with Crippen LogP contribution in [0.4, 0.5) is 10.7 Å². The van der Waals surface area contributed by atoms with Gasteiger partial charge in [0.05, 0.1) is 16.7 Å². The molecule has 0 saturated heterocycles. The Kier molecular flexibility index (Phi) is 6.52. The lowest BCUT2D eigenvalue weighted by Crippen LogP contribution is -2.18. The molecule has 5 heteroatoms. The third-order valence-corrected chi connectivity index (χ3v) is 4.62. The lowest BCUT2D eigenvalue weighted by molar-refractivity contribution is 0.102. The molecule has 0 bridgehead atoms. The number of rotatable bonds is 8. The molecular formula is C16H28N2O2S. The first-order valence-electron chi connectivity index (χ1n) is 7.62. The number of thiophene rings is 1. The molecule has 0 aliphatic heterocycles. The topological polar surface area (TPSA) is 64.4 Å². The first kappa shape index (κ1) is 17.8. The average molecular weight is 312 g/mol. The smallest absolute Gasteiger partial charge is 0.177 e. The molecule has 2 atom stereocenters. The van der Waals surface area contributed by atoms with Crippen molar-refractivity contribution in [3.05, 3.63) is 4.88 Å². The van der Waals surface area contributed by atoms with Crippen molar-refractivity contribution < 1.29 is 9.53 Å². The summed E-state index contributed by atoms with van der Waals surface area (Å²) in [5.74, 6) is 1.26. The minimum absolute atomic E-state index is 0.0197. The Morgan fingerprint density at radius 1 is 1.33 bits per heavy atom. The van der Waals surface area contributed by atoms with E-state index in [1.54, 1.807) is 0 Å². The molecule has 3 N–H and O–H groups in total. The van der Waals surface area contributed by atoms with Crippen LogP contribution in [0.5, 0.6) is 5.75 Å². The predicted molar refractivity (Wildman–Crippen MR) is 91.7 cm³/mol. The summed E-state index contributed by atoms with van der Waals surface area (Å²) in [6.07, 6.45) is 2.25. The van der Waals surface area contributed by atoms with Gasteiger partial charge in [-0.3, -0.25) is 4.79 Å². The number of hydrogen-bond donors (Lipinski definition) is 2. The van der Waals surface area contributed by atoms with Gasteiger partial charge in [0.15, 0.2) is 11.5 Å². The van der Waals surface area contributed by atoms with E-state index in [0.29, 0.717) is 28.3 Å². The third-order valence-electron chi connectivity index (χ3n) is 3.40. The molecule has 2 unspecified atom stereocenters. The van der Waals surface area contributed by atoms with Crippen molar-refractivity contribution in [1.82, 2.24) is 0 Å². The Morgan fingerprint density at radius 3 is 2.43 bits per heavy atom. The summed E-state index contributed by atoms with van der Waals surface area (Å²) < 4.78 is 5.81. The molecule has 0 amide bonds. The highest BCUT2D eigenvalue weighted by Crippen LogP contribution is 2.44. The molecule has 21 heavy (non-hydrogen) atoms. The number of carbonyl (C=O) groups excluding carboxylic acids is 1. The number of nitrogens with two attached hydrogens (primary N) is 1. The zero-order valence-electron chi connectivity index (χ0n) is 13.9. The van der Waals surface area contributed by atoms with Gasteiger partial charge >= 0.3 is 0 Å². The van der Waals surface area contributed by atoms with E-state index < -0.39 is 0 Å². The Balaban J connectivity index is 2.98. The fourth-order valence-corrected chi connectivity index (χ4v) is 3.25. The van der Waals surface area contributed by atoms with Crippen LogP contribution in [0.15, 0.2) is 0 Å². The van der Waals surface area contributed by atoms with Crippen LogP contribution in [0.25, 0.3) is 0 Å². The van der Waals surface area contributed by atoms with E-state index in [4.69, 9.17) is 10.5 Å². The molecule has 1 rings (SSSR count). The molecule has 0 aliphatic carbocycles. The van der Waals surface area contributed by atoms with E-state index in [1.807, 2.05) is 13.8 Å². The van der Waals surface area contributed by atoms with Crippen molar-refractivity contribution in [2.45, 2.75) is 66.5 Å². The monoisotopic (exact) mass is 312 g/mol. The van der Waals surface area contributed by atoms with Gasteiger partial charge in [-0.15, -0.1) is 11.3 Å². The van der Waals surface area contributed by atoms with Gasteiger partial charge in [-0.05, 0) is 33.1 Å². The summed E-state index contributed by atoms with van der Waals surface area (Å²) in [7, 11) is 0. The standard InChI is InChI=1S/C16H28N2O2S/c1-7-10(4)8-11(5)18-16-14(20-9(2)3)13(17)15(21-16)12(6)19/h9-11,18H,7-8,17H2,1-6H3. The normalized spacial score (nSPS) is 14.0. The highest BCUT2D eigenvalue weighted by atomic mass is 32.1. The third kappa shape index (κ3) is 4.92. The summed E-state index contributed by atoms with van der Waals surface area (Å²) in [4.78, 5) is 12.2. The van der Waals surface area contributed by atoms with Crippen molar-refractivity contribution in [3.63, 3.8) is 0 Å². The summed E-state index contributed by atoms with van der Waals surface area (Å²) in [5, 5.41) is 4.32. The Hall–Kier alpha value is -1.23. The predicted octanol–water partition coefficient (Wildman–Crippen LogP) is 4.56. The van der Waals surface area contributed by atoms with E-state index in [-0.39, 0.29) is 11.9 Å². The highest BCUT2D eigenvalue weighted by molar-refractivity contribution is 7.19. The minimum Gasteiger partial charge on any atom is -0.486 e. The number of ether oxygens (including phenoxy) is 1. The molecule has 1 aromatic rings.